The van der Waals surface area contributed by atoms with Gasteiger partial charge in [-0.3, -0.25) is 0 Å². The molecule has 0 aliphatic carbocycles. The summed E-state index contributed by atoms with van der Waals surface area (Å²) in [5.41, 5.74) is 0.748. The Balaban J connectivity index is 2.98. The van der Waals surface area contributed by atoms with E-state index in [1.54, 1.807) is 6.07 Å². The summed E-state index contributed by atoms with van der Waals surface area (Å²) in [6, 6.07) is 5.19. The van der Waals surface area contributed by atoms with E-state index in [0.717, 1.165) is 22.9 Å². The van der Waals surface area contributed by atoms with Crippen molar-refractivity contribution >= 4 is 15.9 Å². The molecule has 0 aliphatic rings. The van der Waals surface area contributed by atoms with Crippen LogP contribution in [0.3, 0.4) is 0 Å². The summed E-state index contributed by atoms with van der Waals surface area (Å²) in [6.45, 7) is 4.31. The Morgan fingerprint density at radius 2 is 2.12 bits per heavy atom. The van der Waals surface area contributed by atoms with Crippen LogP contribution in [0.1, 0.15) is 38.3 Å². The van der Waals surface area contributed by atoms with E-state index >= 15 is 0 Å². The van der Waals surface area contributed by atoms with Crippen LogP contribution in [0.25, 0.3) is 0 Å². The topological polar surface area (TPSA) is 12.0 Å². The lowest BCUT2D eigenvalue weighted by molar-refractivity contribution is 0.372. The number of nitrogens with one attached hydrogen (secondary N) is 1. The maximum absolute atomic E-state index is 13.7. The minimum absolute atomic E-state index is 0.0810. The molecular formula is C13H19BrFN. The minimum Gasteiger partial charge on any atom is -0.313 e. The quantitative estimate of drug-likeness (QED) is 0.852. The van der Waals surface area contributed by atoms with Gasteiger partial charge in [-0.1, -0.05) is 36.2 Å². The largest absolute Gasteiger partial charge is 0.313 e. The van der Waals surface area contributed by atoms with Crippen LogP contribution in [-0.4, -0.2) is 7.05 Å². The standard InChI is InChI=1S/C13H19BrFN/c1-4-5-9(2)13(16-3)11-8-10(14)6-7-12(11)15/h6-9,13,16H,4-5H2,1-3H3. The maximum Gasteiger partial charge on any atom is 0.128 e. The van der Waals surface area contributed by atoms with E-state index in [4.69, 9.17) is 0 Å². The van der Waals surface area contributed by atoms with Gasteiger partial charge in [-0.25, -0.2) is 4.39 Å². The molecule has 1 N–H and O–H groups in total. The van der Waals surface area contributed by atoms with Crippen LogP contribution in [0.2, 0.25) is 0 Å². The SMILES string of the molecule is CCCC(C)C(NC)c1cc(Br)ccc1F. The molecule has 0 aliphatic heterocycles. The summed E-state index contributed by atoms with van der Waals surface area (Å²) in [7, 11) is 1.89. The predicted molar refractivity (Wildman–Crippen MR) is 70.0 cm³/mol. The van der Waals surface area contributed by atoms with Gasteiger partial charge in [-0.05, 0) is 37.6 Å². The van der Waals surface area contributed by atoms with E-state index in [2.05, 4.69) is 35.1 Å². The van der Waals surface area contributed by atoms with Gasteiger partial charge in [0.2, 0.25) is 0 Å². The molecule has 3 heteroatoms. The Morgan fingerprint density at radius 3 is 2.69 bits per heavy atom. The Kier molecular flexibility index (Phi) is 5.42. The van der Waals surface area contributed by atoms with E-state index in [1.807, 2.05) is 13.1 Å². The molecule has 1 rings (SSSR count). The molecule has 0 amide bonds. The molecule has 2 atom stereocenters. The van der Waals surface area contributed by atoms with Crippen molar-refractivity contribution in [1.29, 1.82) is 0 Å². The van der Waals surface area contributed by atoms with Crippen molar-refractivity contribution in [3.8, 4) is 0 Å². The van der Waals surface area contributed by atoms with Gasteiger partial charge in [-0.15, -0.1) is 0 Å². The Hall–Kier alpha value is -0.410. The van der Waals surface area contributed by atoms with Gasteiger partial charge in [0.15, 0.2) is 0 Å². The molecular weight excluding hydrogens is 269 g/mol. The van der Waals surface area contributed by atoms with Crippen molar-refractivity contribution in [3.63, 3.8) is 0 Å². The average Bonchev–Trinajstić information content (AvgIpc) is 2.24. The molecule has 0 spiro atoms. The lowest BCUT2D eigenvalue weighted by Crippen LogP contribution is -2.24. The maximum atomic E-state index is 13.7. The smallest absolute Gasteiger partial charge is 0.128 e. The Morgan fingerprint density at radius 1 is 1.44 bits per heavy atom. The molecule has 0 saturated heterocycles. The summed E-state index contributed by atoms with van der Waals surface area (Å²) in [4.78, 5) is 0. The highest BCUT2D eigenvalue weighted by molar-refractivity contribution is 9.10. The highest BCUT2D eigenvalue weighted by Gasteiger charge is 2.20. The third-order valence-corrected chi connectivity index (χ3v) is 3.41. The second-order valence-electron chi connectivity index (χ2n) is 4.20. The van der Waals surface area contributed by atoms with Crippen LogP contribution in [0.15, 0.2) is 22.7 Å². The highest BCUT2D eigenvalue weighted by Crippen LogP contribution is 2.29. The van der Waals surface area contributed by atoms with Gasteiger partial charge in [0, 0.05) is 16.1 Å². The lowest BCUT2D eigenvalue weighted by Gasteiger charge is -2.24. The molecule has 0 radical (unpaired) electrons. The zero-order valence-electron chi connectivity index (χ0n) is 10.1. The fraction of sp³-hybridized carbons (Fsp3) is 0.538. The number of rotatable bonds is 5. The van der Waals surface area contributed by atoms with Gasteiger partial charge in [0.25, 0.3) is 0 Å². The molecule has 1 aromatic rings. The summed E-state index contributed by atoms with van der Waals surface area (Å²) in [5.74, 6) is 0.296. The van der Waals surface area contributed by atoms with Crippen LogP contribution in [0.4, 0.5) is 4.39 Å². The van der Waals surface area contributed by atoms with Gasteiger partial charge in [0.05, 0.1) is 0 Å². The van der Waals surface area contributed by atoms with Crippen LogP contribution in [0, 0.1) is 11.7 Å². The first-order valence-corrected chi connectivity index (χ1v) is 6.51. The molecule has 16 heavy (non-hydrogen) atoms. The number of hydrogen-bond acceptors (Lipinski definition) is 1. The number of hydrogen-bond donors (Lipinski definition) is 1. The minimum atomic E-state index is -0.134. The van der Waals surface area contributed by atoms with Gasteiger partial charge in [-0.2, -0.15) is 0 Å². The third kappa shape index (κ3) is 3.29. The van der Waals surface area contributed by atoms with Crippen molar-refractivity contribution in [2.45, 2.75) is 32.7 Å². The van der Waals surface area contributed by atoms with E-state index in [9.17, 15) is 4.39 Å². The van der Waals surface area contributed by atoms with Crippen molar-refractivity contribution in [1.82, 2.24) is 5.32 Å². The van der Waals surface area contributed by atoms with Crippen LogP contribution in [-0.2, 0) is 0 Å². The van der Waals surface area contributed by atoms with Crippen molar-refractivity contribution in [3.05, 3.63) is 34.1 Å². The molecule has 1 nitrogen and oxygen atoms in total. The molecule has 0 aromatic heterocycles. The average molecular weight is 288 g/mol. The summed E-state index contributed by atoms with van der Waals surface area (Å²) in [6.07, 6.45) is 2.21. The van der Waals surface area contributed by atoms with E-state index < -0.39 is 0 Å². The second kappa shape index (κ2) is 6.36. The molecule has 0 bridgehead atoms. The fourth-order valence-electron chi connectivity index (χ4n) is 2.12. The molecule has 90 valence electrons. The second-order valence-corrected chi connectivity index (χ2v) is 5.11. The normalized spacial score (nSPS) is 14.8. The summed E-state index contributed by atoms with van der Waals surface area (Å²) in [5, 5.41) is 3.21. The number of halogens is 2. The van der Waals surface area contributed by atoms with E-state index in [0.29, 0.717) is 5.92 Å². The zero-order chi connectivity index (χ0) is 12.1. The monoisotopic (exact) mass is 287 g/mol. The molecule has 0 heterocycles. The summed E-state index contributed by atoms with van der Waals surface area (Å²) >= 11 is 3.39. The Bertz CT molecular complexity index is 341. The van der Waals surface area contributed by atoms with Crippen molar-refractivity contribution < 1.29 is 4.39 Å². The van der Waals surface area contributed by atoms with Crippen LogP contribution >= 0.6 is 15.9 Å². The first kappa shape index (κ1) is 13.7. The highest BCUT2D eigenvalue weighted by atomic mass is 79.9. The molecule has 2 unspecified atom stereocenters. The fourth-order valence-corrected chi connectivity index (χ4v) is 2.50. The molecule has 0 fully saturated rings. The molecule has 1 aromatic carbocycles. The van der Waals surface area contributed by atoms with Crippen molar-refractivity contribution in [2.24, 2.45) is 5.92 Å². The first-order chi connectivity index (χ1) is 7.60. The van der Waals surface area contributed by atoms with E-state index in [1.165, 1.54) is 6.07 Å². The van der Waals surface area contributed by atoms with Gasteiger partial charge in [0.1, 0.15) is 5.82 Å². The van der Waals surface area contributed by atoms with Gasteiger partial charge < -0.3 is 5.32 Å². The van der Waals surface area contributed by atoms with Crippen LogP contribution in [0.5, 0.6) is 0 Å². The summed E-state index contributed by atoms with van der Waals surface area (Å²) < 4.78 is 14.7. The first-order valence-electron chi connectivity index (χ1n) is 5.72. The van der Waals surface area contributed by atoms with Gasteiger partial charge >= 0.3 is 0 Å². The zero-order valence-corrected chi connectivity index (χ0v) is 11.6. The van der Waals surface area contributed by atoms with Crippen LogP contribution < -0.4 is 5.32 Å². The third-order valence-electron chi connectivity index (χ3n) is 2.92. The predicted octanol–water partition coefficient (Wildman–Crippen LogP) is 4.28. The van der Waals surface area contributed by atoms with Crippen molar-refractivity contribution in [2.75, 3.05) is 7.05 Å². The number of benzene rings is 1. The lowest BCUT2D eigenvalue weighted by atomic mass is 9.91. The molecule has 0 saturated carbocycles. The Labute approximate surface area is 106 Å². The van der Waals surface area contributed by atoms with E-state index in [-0.39, 0.29) is 11.9 Å².